The van der Waals surface area contributed by atoms with Crippen LogP contribution in [0.1, 0.15) is 5.56 Å². The summed E-state index contributed by atoms with van der Waals surface area (Å²) in [6.45, 7) is 1.74. The lowest BCUT2D eigenvalue weighted by atomic mass is 10.0. The highest BCUT2D eigenvalue weighted by Crippen LogP contribution is 2.32. The van der Waals surface area contributed by atoms with Crippen LogP contribution in [-0.2, 0) is 20.2 Å². The molecule has 0 fully saturated rings. The Morgan fingerprint density at radius 2 is 1.41 bits per heavy atom. The minimum absolute atomic E-state index is 0.111. The molecule has 3 aromatic carbocycles. The molecule has 10 heteroatoms. The van der Waals surface area contributed by atoms with Crippen LogP contribution in [0.2, 0.25) is 0 Å². The van der Waals surface area contributed by atoms with Gasteiger partial charge in [-0.25, -0.2) is 16.8 Å². The van der Waals surface area contributed by atoms with E-state index in [2.05, 4.69) is 10.2 Å². The molecule has 0 aliphatic carbocycles. The van der Waals surface area contributed by atoms with Crippen molar-refractivity contribution in [3.8, 4) is 0 Å². The molecule has 8 nitrogen and oxygen atoms in total. The lowest BCUT2D eigenvalue weighted by Crippen LogP contribution is -1.98. The Labute approximate surface area is 155 Å². The lowest BCUT2D eigenvalue weighted by molar-refractivity contribution is 0.461. The fraction of sp³-hybridized carbons (Fsp3) is 0.0588. The highest BCUT2D eigenvalue weighted by atomic mass is 32.2. The van der Waals surface area contributed by atoms with Gasteiger partial charge < -0.3 is 9.11 Å². The van der Waals surface area contributed by atoms with Crippen LogP contribution in [0.3, 0.4) is 0 Å². The topological polar surface area (TPSA) is 139 Å². The molecule has 0 N–H and O–H groups in total. The molecule has 0 aliphatic heterocycles. The predicted molar refractivity (Wildman–Crippen MR) is 95.2 cm³/mol. The van der Waals surface area contributed by atoms with E-state index in [4.69, 9.17) is 0 Å². The van der Waals surface area contributed by atoms with Gasteiger partial charge in [0.25, 0.3) is 0 Å². The zero-order valence-electron chi connectivity index (χ0n) is 13.9. The number of nitrogens with zero attached hydrogens (tertiary/aromatic N) is 2. The molecule has 0 radical (unpaired) electrons. The van der Waals surface area contributed by atoms with Crippen LogP contribution in [0.5, 0.6) is 0 Å². The molecule has 27 heavy (non-hydrogen) atoms. The Hall–Kier alpha value is -2.66. The zero-order chi connectivity index (χ0) is 19.8. The first-order chi connectivity index (χ1) is 12.6. The van der Waals surface area contributed by atoms with Crippen LogP contribution < -0.4 is 0 Å². The molecule has 0 saturated heterocycles. The molecule has 3 aromatic rings. The van der Waals surface area contributed by atoms with Gasteiger partial charge in [-0.05, 0) is 48.2 Å². The number of rotatable bonds is 4. The largest absolute Gasteiger partial charge is 0.744 e. The number of fused-ring (bicyclic) bond motifs is 1. The van der Waals surface area contributed by atoms with Gasteiger partial charge in [0.1, 0.15) is 25.9 Å². The van der Waals surface area contributed by atoms with Crippen LogP contribution >= 0.6 is 0 Å². The Morgan fingerprint density at radius 1 is 0.741 bits per heavy atom. The van der Waals surface area contributed by atoms with Crippen molar-refractivity contribution >= 4 is 42.4 Å². The van der Waals surface area contributed by atoms with Gasteiger partial charge in [-0.1, -0.05) is 24.3 Å². The van der Waals surface area contributed by atoms with Crippen molar-refractivity contribution in [1.29, 1.82) is 0 Å². The number of hydrogen-bond donors (Lipinski definition) is 0. The molecule has 0 atom stereocenters. The molecule has 3 rings (SSSR count). The second-order valence-corrected chi connectivity index (χ2v) is 8.41. The van der Waals surface area contributed by atoms with Crippen molar-refractivity contribution in [2.75, 3.05) is 0 Å². The molecule has 0 aliphatic rings. The van der Waals surface area contributed by atoms with Gasteiger partial charge in [-0.15, -0.1) is 10.2 Å². The summed E-state index contributed by atoms with van der Waals surface area (Å²) >= 11 is 0. The summed E-state index contributed by atoms with van der Waals surface area (Å²) in [5.41, 5.74) is 0.931. The Bertz CT molecular complexity index is 1280. The summed E-state index contributed by atoms with van der Waals surface area (Å²) in [7, 11) is -9.32. The van der Waals surface area contributed by atoms with Gasteiger partial charge in [0.15, 0.2) is 0 Å². The van der Waals surface area contributed by atoms with E-state index in [1.165, 1.54) is 36.4 Å². The summed E-state index contributed by atoms with van der Waals surface area (Å²) < 4.78 is 67.6. The number of hydrogen-bond acceptors (Lipinski definition) is 8. The molecular formula is C17H12N2O6S2-2. The molecule has 0 heterocycles. The van der Waals surface area contributed by atoms with Gasteiger partial charge in [0.2, 0.25) is 0 Å². The molecule has 0 unspecified atom stereocenters. The van der Waals surface area contributed by atoms with E-state index < -0.39 is 25.1 Å². The van der Waals surface area contributed by atoms with Gasteiger partial charge >= 0.3 is 0 Å². The SMILES string of the molecule is Cc1ccc(N=Nc2ccccc2S(=O)(=O)[O-])c2ccc(S(=O)(=O)[O-])cc12. The highest BCUT2D eigenvalue weighted by molar-refractivity contribution is 7.86. The quantitative estimate of drug-likeness (QED) is 0.482. The second-order valence-electron chi connectivity index (χ2n) is 5.68. The van der Waals surface area contributed by atoms with E-state index in [0.717, 1.165) is 11.6 Å². The fourth-order valence-corrected chi connectivity index (χ4v) is 3.67. The van der Waals surface area contributed by atoms with Crippen molar-refractivity contribution in [1.82, 2.24) is 0 Å². The first kappa shape index (κ1) is 19.1. The third-order valence-corrected chi connectivity index (χ3v) is 5.59. The van der Waals surface area contributed by atoms with Crippen LogP contribution in [-0.4, -0.2) is 25.9 Å². The Morgan fingerprint density at radius 3 is 2.07 bits per heavy atom. The van der Waals surface area contributed by atoms with E-state index in [-0.39, 0.29) is 10.6 Å². The molecule has 0 spiro atoms. The Balaban J connectivity index is 2.15. The lowest BCUT2D eigenvalue weighted by Gasteiger charge is -2.11. The van der Waals surface area contributed by atoms with Crippen molar-refractivity contribution in [2.24, 2.45) is 10.2 Å². The smallest absolute Gasteiger partial charge is 0.126 e. The maximum atomic E-state index is 11.3. The van der Waals surface area contributed by atoms with Crippen molar-refractivity contribution in [3.63, 3.8) is 0 Å². The first-order valence-corrected chi connectivity index (χ1v) is 10.3. The van der Waals surface area contributed by atoms with Crippen molar-refractivity contribution in [2.45, 2.75) is 16.7 Å². The molecule has 140 valence electrons. The summed E-state index contributed by atoms with van der Waals surface area (Å²) in [6, 6.07) is 12.5. The van der Waals surface area contributed by atoms with E-state index in [9.17, 15) is 25.9 Å². The van der Waals surface area contributed by atoms with Crippen LogP contribution in [0.15, 0.2) is 74.6 Å². The van der Waals surface area contributed by atoms with E-state index >= 15 is 0 Å². The summed E-state index contributed by atoms with van der Waals surface area (Å²) in [5.74, 6) is 0. The average Bonchev–Trinajstić information content (AvgIpc) is 2.60. The maximum absolute atomic E-state index is 11.3. The normalized spacial score (nSPS) is 12.7. The molecule has 0 saturated carbocycles. The van der Waals surface area contributed by atoms with Crippen LogP contribution in [0.25, 0.3) is 10.8 Å². The van der Waals surface area contributed by atoms with Crippen molar-refractivity contribution < 1.29 is 25.9 Å². The maximum Gasteiger partial charge on any atom is 0.126 e. The fourth-order valence-electron chi connectivity index (χ4n) is 2.56. The molecule has 0 aromatic heterocycles. The van der Waals surface area contributed by atoms with Gasteiger partial charge in [0, 0.05) is 5.39 Å². The Kier molecular flexibility index (Phi) is 4.82. The minimum atomic E-state index is -4.71. The highest BCUT2D eigenvalue weighted by Gasteiger charge is 2.10. The summed E-state index contributed by atoms with van der Waals surface area (Å²) in [6.07, 6.45) is 0. The number of benzene rings is 3. The number of azo groups is 1. The monoisotopic (exact) mass is 404 g/mol. The average molecular weight is 404 g/mol. The molecule has 0 amide bonds. The van der Waals surface area contributed by atoms with E-state index in [1.54, 1.807) is 19.1 Å². The van der Waals surface area contributed by atoms with Gasteiger partial charge in [-0.2, -0.15) is 0 Å². The van der Waals surface area contributed by atoms with Gasteiger partial charge in [-0.3, -0.25) is 0 Å². The van der Waals surface area contributed by atoms with Crippen LogP contribution in [0, 0.1) is 6.92 Å². The molecular weight excluding hydrogens is 392 g/mol. The number of aryl methyl sites for hydroxylation is 1. The third-order valence-electron chi connectivity index (χ3n) is 3.87. The predicted octanol–water partition coefficient (Wildman–Crippen LogP) is 3.37. The minimum Gasteiger partial charge on any atom is -0.744 e. The molecule has 0 bridgehead atoms. The zero-order valence-corrected chi connectivity index (χ0v) is 15.5. The standard InChI is InChI=1S/C17H14N2O6S2/c1-11-6-9-15(13-8-7-12(10-14(11)13)26(20,21)22)18-19-16-4-2-3-5-17(16)27(23,24)25/h2-10H,1H3,(H,20,21,22)(H,23,24,25)/p-2. The summed E-state index contributed by atoms with van der Waals surface area (Å²) in [4.78, 5) is -0.861. The van der Waals surface area contributed by atoms with Gasteiger partial charge in [0.05, 0.1) is 15.5 Å². The third kappa shape index (κ3) is 4.03. The second kappa shape index (κ2) is 6.82. The van der Waals surface area contributed by atoms with Crippen molar-refractivity contribution in [3.05, 3.63) is 60.2 Å². The van der Waals surface area contributed by atoms with E-state index in [1.807, 2.05) is 0 Å². The van der Waals surface area contributed by atoms with Crippen LogP contribution in [0.4, 0.5) is 11.4 Å². The first-order valence-electron chi connectivity index (χ1n) is 7.53. The summed E-state index contributed by atoms with van der Waals surface area (Å²) in [5, 5.41) is 8.88. The van der Waals surface area contributed by atoms with E-state index in [0.29, 0.717) is 16.5 Å².